The van der Waals surface area contributed by atoms with E-state index in [0.29, 0.717) is 17.2 Å². The van der Waals surface area contributed by atoms with Crippen LogP contribution in [0.1, 0.15) is 12.8 Å². The van der Waals surface area contributed by atoms with Gasteiger partial charge in [-0.05, 0) is 18.6 Å². The molecule has 1 amide bonds. The third-order valence-electron chi connectivity index (χ3n) is 3.08. The molecule has 8 nitrogen and oxygen atoms in total. The van der Waals surface area contributed by atoms with Crippen molar-refractivity contribution in [3.63, 3.8) is 0 Å². The Hall–Kier alpha value is -2.29. The molecule has 0 saturated heterocycles. The molecule has 0 aromatic heterocycles. The fraction of sp³-hybridized carbons (Fsp3) is 0.467. The highest BCUT2D eigenvalue weighted by atomic mass is 32.2. The minimum Gasteiger partial charge on any atom is -0.493 e. The number of hydrogen-bond acceptors (Lipinski definition) is 7. The molecule has 0 atom stereocenters. The number of methoxy groups -OCH3 is 3. The Kier molecular flexibility index (Phi) is 7.50. The van der Waals surface area contributed by atoms with E-state index in [1.165, 1.54) is 27.4 Å². The van der Waals surface area contributed by atoms with Gasteiger partial charge in [-0.25, -0.2) is 8.42 Å². The number of rotatable bonds is 9. The zero-order valence-corrected chi connectivity index (χ0v) is 14.6. The Bertz CT molecular complexity index is 685. The molecule has 0 aliphatic heterocycles. The first-order valence-electron chi connectivity index (χ1n) is 7.10. The Morgan fingerprint density at radius 3 is 2.33 bits per heavy atom. The number of carbonyl (C=O) groups excluding carboxylic acids is 2. The van der Waals surface area contributed by atoms with E-state index in [0.717, 1.165) is 0 Å². The quantitative estimate of drug-likeness (QED) is 0.656. The summed E-state index contributed by atoms with van der Waals surface area (Å²) in [5, 5.41) is 2.49. The molecule has 0 spiro atoms. The molecule has 24 heavy (non-hydrogen) atoms. The standard InChI is InChI=1S/C15H21NO7S/c1-21-12-7-6-11(9-13(12)22-2)16-14(17)10-24(19,20)8-4-5-15(18)23-3/h6-7,9H,4-5,8,10H2,1-3H3,(H,16,17). The molecule has 0 heterocycles. The Morgan fingerprint density at radius 1 is 1.08 bits per heavy atom. The van der Waals surface area contributed by atoms with Crippen LogP contribution in [0.25, 0.3) is 0 Å². The largest absolute Gasteiger partial charge is 0.493 e. The molecule has 0 fully saturated rings. The van der Waals surface area contributed by atoms with Crippen molar-refractivity contribution in [1.82, 2.24) is 0 Å². The van der Waals surface area contributed by atoms with Gasteiger partial charge in [0.25, 0.3) is 0 Å². The Morgan fingerprint density at radius 2 is 1.75 bits per heavy atom. The van der Waals surface area contributed by atoms with Crippen LogP contribution in [0.3, 0.4) is 0 Å². The zero-order chi connectivity index (χ0) is 18.2. The van der Waals surface area contributed by atoms with Gasteiger partial charge < -0.3 is 19.5 Å². The average molecular weight is 359 g/mol. The van der Waals surface area contributed by atoms with Crippen LogP contribution >= 0.6 is 0 Å². The maximum absolute atomic E-state index is 11.9. The van der Waals surface area contributed by atoms with Gasteiger partial charge in [-0.1, -0.05) is 0 Å². The van der Waals surface area contributed by atoms with Gasteiger partial charge in [0.1, 0.15) is 5.75 Å². The first-order valence-corrected chi connectivity index (χ1v) is 8.92. The number of hydrogen-bond donors (Lipinski definition) is 1. The van der Waals surface area contributed by atoms with Crippen LogP contribution in [-0.2, 0) is 24.2 Å². The van der Waals surface area contributed by atoms with E-state index in [1.54, 1.807) is 12.1 Å². The number of ether oxygens (including phenoxy) is 3. The second-order valence-electron chi connectivity index (χ2n) is 4.89. The first-order chi connectivity index (χ1) is 11.3. The summed E-state index contributed by atoms with van der Waals surface area (Å²) in [6.07, 6.45) is 0.103. The molecule has 1 rings (SSSR count). The third kappa shape index (κ3) is 6.45. The van der Waals surface area contributed by atoms with Crippen molar-refractivity contribution in [1.29, 1.82) is 0 Å². The molecule has 134 valence electrons. The van der Waals surface area contributed by atoms with Crippen molar-refractivity contribution in [2.75, 3.05) is 38.2 Å². The fourth-order valence-electron chi connectivity index (χ4n) is 1.92. The average Bonchev–Trinajstić information content (AvgIpc) is 2.53. The molecule has 0 bridgehead atoms. The van der Waals surface area contributed by atoms with Crippen molar-refractivity contribution in [2.45, 2.75) is 12.8 Å². The van der Waals surface area contributed by atoms with Crippen molar-refractivity contribution < 1.29 is 32.2 Å². The SMILES string of the molecule is COC(=O)CCCS(=O)(=O)CC(=O)Nc1ccc(OC)c(OC)c1. The molecular weight excluding hydrogens is 338 g/mol. The summed E-state index contributed by atoms with van der Waals surface area (Å²) in [5.74, 6) is -1.17. The van der Waals surface area contributed by atoms with Crippen molar-refractivity contribution in [3.8, 4) is 11.5 Å². The summed E-state index contributed by atoms with van der Waals surface area (Å²) in [5.41, 5.74) is 0.391. The minimum absolute atomic E-state index is 0.00692. The van der Waals surface area contributed by atoms with Gasteiger partial charge in [-0.2, -0.15) is 0 Å². The van der Waals surface area contributed by atoms with Crippen LogP contribution in [-0.4, -0.2) is 53.1 Å². The molecule has 1 N–H and O–H groups in total. The summed E-state index contributed by atoms with van der Waals surface area (Å²) >= 11 is 0. The molecule has 0 radical (unpaired) electrons. The van der Waals surface area contributed by atoms with E-state index in [9.17, 15) is 18.0 Å². The van der Waals surface area contributed by atoms with Gasteiger partial charge in [-0.3, -0.25) is 9.59 Å². The molecule has 0 unspecified atom stereocenters. The minimum atomic E-state index is -3.61. The highest BCUT2D eigenvalue weighted by Gasteiger charge is 2.18. The summed E-state index contributed by atoms with van der Waals surface area (Å²) in [7, 11) is 0.557. The van der Waals surface area contributed by atoms with Crippen LogP contribution in [0.15, 0.2) is 18.2 Å². The van der Waals surface area contributed by atoms with Gasteiger partial charge in [0, 0.05) is 18.2 Å². The van der Waals surface area contributed by atoms with Crippen LogP contribution in [0.5, 0.6) is 11.5 Å². The maximum atomic E-state index is 11.9. The number of benzene rings is 1. The molecule has 1 aromatic rings. The van der Waals surface area contributed by atoms with Gasteiger partial charge in [-0.15, -0.1) is 0 Å². The number of carbonyl (C=O) groups is 2. The number of esters is 1. The highest BCUT2D eigenvalue weighted by molar-refractivity contribution is 7.92. The van der Waals surface area contributed by atoms with E-state index in [2.05, 4.69) is 10.1 Å². The monoisotopic (exact) mass is 359 g/mol. The van der Waals surface area contributed by atoms with E-state index >= 15 is 0 Å². The molecule has 1 aromatic carbocycles. The predicted molar refractivity (Wildman–Crippen MR) is 88.1 cm³/mol. The topological polar surface area (TPSA) is 108 Å². The van der Waals surface area contributed by atoms with Crippen LogP contribution < -0.4 is 14.8 Å². The lowest BCUT2D eigenvalue weighted by Gasteiger charge is -2.10. The number of amides is 1. The van der Waals surface area contributed by atoms with Crippen LogP contribution in [0.4, 0.5) is 5.69 Å². The lowest BCUT2D eigenvalue weighted by molar-refractivity contribution is -0.140. The van der Waals surface area contributed by atoms with Crippen LogP contribution in [0.2, 0.25) is 0 Å². The molecule has 0 saturated carbocycles. The van der Waals surface area contributed by atoms with Crippen molar-refractivity contribution in [3.05, 3.63) is 18.2 Å². The first kappa shape index (κ1) is 19.8. The van der Waals surface area contributed by atoms with Gasteiger partial charge in [0.15, 0.2) is 21.3 Å². The van der Waals surface area contributed by atoms with Gasteiger partial charge in [0.2, 0.25) is 5.91 Å². The van der Waals surface area contributed by atoms with Crippen molar-refractivity contribution >= 4 is 27.4 Å². The predicted octanol–water partition coefficient (Wildman–Crippen LogP) is 1.01. The van der Waals surface area contributed by atoms with Gasteiger partial charge >= 0.3 is 5.97 Å². The maximum Gasteiger partial charge on any atom is 0.305 e. The molecule has 9 heteroatoms. The van der Waals surface area contributed by atoms with Crippen molar-refractivity contribution in [2.24, 2.45) is 0 Å². The number of anilines is 1. The molecule has 0 aliphatic carbocycles. The summed E-state index contributed by atoms with van der Waals surface area (Å²) < 4.78 is 38.3. The van der Waals surface area contributed by atoms with E-state index < -0.39 is 27.5 Å². The second kappa shape index (κ2) is 9.11. The lowest BCUT2D eigenvalue weighted by Crippen LogP contribution is -2.25. The van der Waals surface area contributed by atoms with Gasteiger partial charge in [0.05, 0.1) is 27.1 Å². The summed E-state index contributed by atoms with van der Waals surface area (Å²) in [6, 6.07) is 4.70. The second-order valence-corrected chi connectivity index (χ2v) is 7.07. The fourth-order valence-corrected chi connectivity index (χ4v) is 3.12. The molecular formula is C15H21NO7S. The van der Waals surface area contributed by atoms with E-state index in [-0.39, 0.29) is 18.6 Å². The Balaban J connectivity index is 2.60. The Labute approximate surface area is 141 Å². The van der Waals surface area contributed by atoms with E-state index in [4.69, 9.17) is 9.47 Å². The normalized spacial score (nSPS) is 10.8. The lowest BCUT2D eigenvalue weighted by atomic mass is 10.2. The van der Waals surface area contributed by atoms with E-state index in [1.807, 2.05) is 0 Å². The van der Waals surface area contributed by atoms with Crippen LogP contribution in [0, 0.1) is 0 Å². The molecule has 0 aliphatic rings. The summed E-state index contributed by atoms with van der Waals surface area (Å²) in [6.45, 7) is 0. The number of sulfone groups is 1. The summed E-state index contributed by atoms with van der Waals surface area (Å²) in [4.78, 5) is 22.8. The third-order valence-corrected chi connectivity index (χ3v) is 4.69. The smallest absolute Gasteiger partial charge is 0.305 e. The number of nitrogens with one attached hydrogen (secondary N) is 1. The zero-order valence-electron chi connectivity index (χ0n) is 13.8. The highest BCUT2D eigenvalue weighted by Crippen LogP contribution is 2.29.